The second-order valence-electron chi connectivity index (χ2n) is 3.88. The van der Waals surface area contributed by atoms with Gasteiger partial charge in [0.1, 0.15) is 0 Å². The molecule has 0 unspecified atom stereocenters. The minimum atomic E-state index is -4.97. The van der Waals surface area contributed by atoms with E-state index in [9.17, 15) is 18.0 Å². The molecule has 0 saturated carbocycles. The smallest absolute Gasteiger partial charge is 0.282 e. The summed E-state index contributed by atoms with van der Waals surface area (Å²) in [6.45, 7) is 0.120. The number of hydrogen-bond acceptors (Lipinski definition) is 3. The summed E-state index contributed by atoms with van der Waals surface area (Å²) in [5.41, 5.74) is -0.0899. The van der Waals surface area contributed by atoms with Crippen LogP contribution in [-0.4, -0.2) is 27.0 Å². The third kappa shape index (κ3) is 3.29. The summed E-state index contributed by atoms with van der Waals surface area (Å²) in [6.07, 6.45) is -4.04. The second-order valence-corrected chi connectivity index (χ2v) is 4.69. The summed E-state index contributed by atoms with van der Waals surface area (Å²) in [5, 5.41) is 7.35. The molecule has 0 radical (unpaired) electrons. The minimum Gasteiger partial charge on any atom is -0.282 e. The fourth-order valence-corrected chi connectivity index (χ4v) is 1.77. The lowest BCUT2D eigenvalue weighted by molar-refractivity contribution is -0.0888. The van der Waals surface area contributed by atoms with E-state index in [-0.39, 0.29) is 6.54 Å². The van der Waals surface area contributed by atoms with Crippen LogP contribution in [0.5, 0.6) is 0 Å². The lowest BCUT2D eigenvalue weighted by Crippen LogP contribution is -2.23. The molecule has 2 aromatic rings. The number of carbonyl (C=O) groups is 1. The van der Waals surface area contributed by atoms with Crippen LogP contribution in [0.25, 0.3) is 0 Å². The Kier molecular flexibility index (Phi) is 4.01. The van der Waals surface area contributed by atoms with Gasteiger partial charge in [0.15, 0.2) is 5.69 Å². The Morgan fingerprint density at radius 3 is 2.55 bits per heavy atom. The van der Waals surface area contributed by atoms with Gasteiger partial charge in [-0.05, 0) is 17.7 Å². The summed E-state index contributed by atoms with van der Waals surface area (Å²) in [7, 11) is 0. The van der Waals surface area contributed by atoms with Crippen molar-refractivity contribution in [1.82, 2.24) is 15.0 Å². The van der Waals surface area contributed by atoms with Gasteiger partial charge in [0.25, 0.3) is 5.78 Å². The maximum Gasteiger partial charge on any atom is 0.456 e. The first-order valence-electron chi connectivity index (χ1n) is 5.23. The highest BCUT2D eigenvalue weighted by Crippen LogP contribution is 2.23. The zero-order valence-electron chi connectivity index (χ0n) is 9.66. The molecule has 0 spiro atoms. The van der Waals surface area contributed by atoms with Gasteiger partial charge in [0, 0.05) is 0 Å². The Morgan fingerprint density at radius 1 is 1.25 bits per heavy atom. The number of ketones is 1. The molecular weight excluding hydrogens is 318 g/mol. The van der Waals surface area contributed by atoms with E-state index in [2.05, 4.69) is 10.3 Å². The van der Waals surface area contributed by atoms with Crippen LogP contribution in [-0.2, 0) is 6.54 Å². The van der Waals surface area contributed by atoms with Gasteiger partial charge in [-0.3, -0.25) is 4.79 Å². The number of rotatable bonds is 3. The number of hydrogen-bond donors (Lipinski definition) is 0. The monoisotopic (exact) mass is 323 g/mol. The molecule has 1 aromatic carbocycles. The maximum atomic E-state index is 12.2. The van der Waals surface area contributed by atoms with Gasteiger partial charge >= 0.3 is 6.18 Å². The molecule has 0 amide bonds. The van der Waals surface area contributed by atoms with Crippen molar-refractivity contribution in [3.63, 3.8) is 0 Å². The van der Waals surface area contributed by atoms with Gasteiger partial charge in [-0.25, -0.2) is 4.68 Å². The molecule has 9 heteroatoms. The van der Waals surface area contributed by atoms with Gasteiger partial charge in [0.2, 0.25) is 0 Å². The molecule has 1 heterocycles. The molecule has 106 valence electrons. The number of nitrogens with zero attached hydrogens (tertiary/aromatic N) is 3. The van der Waals surface area contributed by atoms with Crippen molar-refractivity contribution < 1.29 is 18.0 Å². The normalized spacial score (nSPS) is 11.7. The van der Waals surface area contributed by atoms with Crippen LogP contribution in [0.2, 0.25) is 10.0 Å². The predicted molar refractivity (Wildman–Crippen MR) is 66.0 cm³/mol. The number of aromatic nitrogens is 3. The van der Waals surface area contributed by atoms with Crippen LogP contribution in [0.1, 0.15) is 16.1 Å². The van der Waals surface area contributed by atoms with Gasteiger partial charge < -0.3 is 0 Å². The zero-order chi connectivity index (χ0) is 14.9. The first-order valence-corrected chi connectivity index (χ1v) is 5.98. The molecule has 4 nitrogen and oxygen atoms in total. The molecule has 20 heavy (non-hydrogen) atoms. The molecular formula is C11H6Cl2F3N3O. The number of alkyl halides is 3. The van der Waals surface area contributed by atoms with Gasteiger partial charge in [-0.2, -0.15) is 13.2 Å². The highest BCUT2D eigenvalue weighted by molar-refractivity contribution is 6.42. The van der Waals surface area contributed by atoms with Crippen molar-refractivity contribution in [2.45, 2.75) is 12.7 Å². The first kappa shape index (κ1) is 14.8. The topological polar surface area (TPSA) is 47.8 Å². The van der Waals surface area contributed by atoms with Crippen molar-refractivity contribution in [3.8, 4) is 0 Å². The van der Waals surface area contributed by atoms with Crippen molar-refractivity contribution in [3.05, 3.63) is 45.7 Å². The summed E-state index contributed by atoms with van der Waals surface area (Å²) in [6, 6.07) is 4.75. The third-order valence-corrected chi connectivity index (χ3v) is 3.10. The SMILES string of the molecule is O=C(c1cn(Cc2ccc(Cl)c(Cl)c2)nn1)C(F)(F)F. The third-order valence-electron chi connectivity index (χ3n) is 2.36. The van der Waals surface area contributed by atoms with E-state index in [1.54, 1.807) is 18.2 Å². The Labute approximate surface area is 121 Å². The van der Waals surface area contributed by atoms with Crippen molar-refractivity contribution in [1.29, 1.82) is 0 Å². The van der Waals surface area contributed by atoms with Crippen molar-refractivity contribution >= 4 is 29.0 Å². The quantitative estimate of drug-likeness (QED) is 0.813. The van der Waals surface area contributed by atoms with Crippen LogP contribution in [0.3, 0.4) is 0 Å². The largest absolute Gasteiger partial charge is 0.456 e. The molecule has 1 aromatic heterocycles. The summed E-state index contributed by atoms with van der Waals surface area (Å²) in [4.78, 5) is 11.0. The van der Waals surface area contributed by atoms with Crippen LogP contribution >= 0.6 is 23.2 Å². The van der Waals surface area contributed by atoms with Crippen LogP contribution < -0.4 is 0 Å². The van der Waals surface area contributed by atoms with E-state index >= 15 is 0 Å². The molecule has 0 saturated heterocycles. The first-order chi connectivity index (χ1) is 9.27. The summed E-state index contributed by atoms with van der Waals surface area (Å²) in [5.74, 6) is -2.03. The zero-order valence-corrected chi connectivity index (χ0v) is 11.2. The summed E-state index contributed by atoms with van der Waals surface area (Å²) < 4.78 is 37.7. The molecule has 0 N–H and O–H groups in total. The highest BCUT2D eigenvalue weighted by Gasteiger charge is 2.41. The fourth-order valence-electron chi connectivity index (χ4n) is 1.45. The van der Waals surface area contributed by atoms with E-state index in [1.165, 1.54) is 0 Å². The van der Waals surface area contributed by atoms with E-state index in [1.807, 2.05) is 0 Å². The maximum absolute atomic E-state index is 12.2. The molecule has 0 aliphatic rings. The predicted octanol–water partition coefficient (Wildman–Crippen LogP) is 3.38. The lowest BCUT2D eigenvalue weighted by atomic mass is 10.2. The van der Waals surface area contributed by atoms with Gasteiger partial charge in [0.05, 0.1) is 22.8 Å². The Bertz CT molecular complexity index is 655. The lowest BCUT2D eigenvalue weighted by Gasteiger charge is -2.03. The van der Waals surface area contributed by atoms with E-state index in [0.717, 1.165) is 10.9 Å². The molecule has 0 bridgehead atoms. The minimum absolute atomic E-state index is 0.120. The molecule has 0 fully saturated rings. The van der Waals surface area contributed by atoms with Crippen molar-refractivity contribution in [2.75, 3.05) is 0 Å². The number of carbonyl (C=O) groups excluding carboxylic acids is 1. The van der Waals surface area contributed by atoms with E-state index in [4.69, 9.17) is 23.2 Å². The molecule has 2 rings (SSSR count). The van der Waals surface area contributed by atoms with Crippen LogP contribution in [0, 0.1) is 0 Å². The fraction of sp³-hybridized carbons (Fsp3) is 0.182. The number of Topliss-reactive ketones (excluding diaryl/α,β-unsaturated/α-hetero) is 1. The average molecular weight is 324 g/mol. The Morgan fingerprint density at radius 2 is 1.95 bits per heavy atom. The second kappa shape index (κ2) is 5.41. The summed E-state index contributed by atoms with van der Waals surface area (Å²) >= 11 is 11.6. The van der Waals surface area contributed by atoms with Crippen molar-refractivity contribution in [2.24, 2.45) is 0 Å². The standard InChI is InChI=1S/C11H6Cl2F3N3O/c12-7-2-1-6(3-8(7)13)4-19-5-9(17-18-19)10(20)11(14,15)16/h1-3,5H,4H2. The average Bonchev–Trinajstić information content (AvgIpc) is 2.80. The van der Waals surface area contributed by atoms with Crippen LogP contribution in [0.4, 0.5) is 13.2 Å². The van der Waals surface area contributed by atoms with Crippen LogP contribution in [0.15, 0.2) is 24.4 Å². The molecule has 0 aliphatic carbocycles. The van der Waals surface area contributed by atoms with Gasteiger partial charge in [-0.1, -0.05) is 34.5 Å². The van der Waals surface area contributed by atoms with E-state index in [0.29, 0.717) is 15.6 Å². The van der Waals surface area contributed by atoms with E-state index < -0.39 is 17.7 Å². The number of benzene rings is 1. The number of halogens is 5. The molecule has 0 atom stereocenters. The van der Waals surface area contributed by atoms with Gasteiger partial charge in [-0.15, -0.1) is 5.10 Å². The molecule has 0 aliphatic heterocycles. The highest BCUT2D eigenvalue weighted by atomic mass is 35.5. The Hall–Kier alpha value is -1.60. The Balaban J connectivity index is 2.17.